The van der Waals surface area contributed by atoms with Crippen molar-refractivity contribution in [1.82, 2.24) is 14.9 Å². The van der Waals surface area contributed by atoms with Crippen LogP contribution in [0.25, 0.3) is 0 Å². The van der Waals surface area contributed by atoms with Gasteiger partial charge in [-0.1, -0.05) is 0 Å². The normalized spacial score (nSPS) is 23.3. The third kappa shape index (κ3) is 1.92. The first-order valence-corrected chi connectivity index (χ1v) is 8.25. The smallest absolute Gasteiger partial charge is 0.254 e. The zero-order chi connectivity index (χ0) is 16.3. The number of fused-ring (bicyclic) bond motifs is 5. The molecule has 3 aliphatic heterocycles. The molecule has 2 atom stereocenters. The van der Waals surface area contributed by atoms with E-state index < -0.39 is 0 Å². The molecule has 1 aromatic heterocycles. The summed E-state index contributed by atoms with van der Waals surface area (Å²) in [6.07, 6.45) is 4.69. The molecular formula is C18H17N3O3. The summed E-state index contributed by atoms with van der Waals surface area (Å²) in [4.78, 5) is 24.1. The molecule has 1 amide bonds. The van der Waals surface area contributed by atoms with Gasteiger partial charge in [0.15, 0.2) is 11.5 Å². The van der Waals surface area contributed by atoms with Crippen molar-refractivity contribution in [3.8, 4) is 11.5 Å². The van der Waals surface area contributed by atoms with Crippen LogP contribution in [-0.2, 0) is 6.42 Å². The summed E-state index contributed by atoms with van der Waals surface area (Å²) in [5.41, 5.74) is 2.85. The largest absolute Gasteiger partial charge is 0.454 e. The van der Waals surface area contributed by atoms with Crippen LogP contribution in [0.5, 0.6) is 11.5 Å². The molecule has 3 aliphatic rings. The van der Waals surface area contributed by atoms with Crippen LogP contribution in [0, 0.1) is 6.92 Å². The third-order valence-corrected chi connectivity index (χ3v) is 5.16. The van der Waals surface area contributed by atoms with Crippen molar-refractivity contribution in [2.45, 2.75) is 38.3 Å². The molecule has 6 heteroatoms. The minimum atomic E-state index is 0.0482. The highest BCUT2D eigenvalue weighted by Gasteiger charge is 2.43. The van der Waals surface area contributed by atoms with Gasteiger partial charge in [0.25, 0.3) is 5.91 Å². The Bertz CT molecular complexity index is 851. The van der Waals surface area contributed by atoms with E-state index in [0.29, 0.717) is 17.1 Å². The lowest BCUT2D eigenvalue weighted by Crippen LogP contribution is -2.42. The number of carbonyl (C=O) groups is 1. The molecule has 0 N–H and O–H groups in total. The topological polar surface area (TPSA) is 64.6 Å². The second-order valence-electron chi connectivity index (χ2n) is 6.55. The van der Waals surface area contributed by atoms with Crippen LogP contribution in [0.4, 0.5) is 0 Å². The van der Waals surface area contributed by atoms with Gasteiger partial charge in [0.2, 0.25) is 6.79 Å². The summed E-state index contributed by atoms with van der Waals surface area (Å²) in [5.74, 6) is 2.18. The van der Waals surface area contributed by atoms with E-state index in [1.54, 1.807) is 6.07 Å². The molecule has 122 valence electrons. The van der Waals surface area contributed by atoms with Crippen LogP contribution < -0.4 is 9.47 Å². The van der Waals surface area contributed by atoms with Gasteiger partial charge in [-0.3, -0.25) is 4.79 Å². The average Bonchev–Trinajstić information content (AvgIpc) is 3.17. The fourth-order valence-corrected chi connectivity index (χ4v) is 4.07. The lowest BCUT2D eigenvalue weighted by atomic mass is 9.98. The molecule has 24 heavy (non-hydrogen) atoms. The zero-order valence-corrected chi connectivity index (χ0v) is 13.4. The van der Waals surface area contributed by atoms with Crippen molar-refractivity contribution in [1.29, 1.82) is 0 Å². The standard InChI is InChI=1S/C18H17N3O3/c1-10-19-8-13-14(20-10)7-12-3-4-15(13)21(12)18(22)11-2-5-16-17(6-11)24-9-23-16/h2,5-6,8,12,15H,3-4,7,9H2,1H3. The van der Waals surface area contributed by atoms with E-state index in [1.807, 2.05) is 30.2 Å². The fourth-order valence-electron chi connectivity index (χ4n) is 4.07. The highest BCUT2D eigenvalue weighted by molar-refractivity contribution is 5.96. The van der Waals surface area contributed by atoms with Crippen molar-refractivity contribution in [3.63, 3.8) is 0 Å². The Hall–Kier alpha value is -2.63. The number of aryl methyl sites for hydroxylation is 1. The monoisotopic (exact) mass is 323 g/mol. The van der Waals surface area contributed by atoms with Crippen molar-refractivity contribution >= 4 is 5.91 Å². The molecule has 0 aliphatic carbocycles. The minimum absolute atomic E-state index is 0.0482. The van der Waals surface area contributed by atoms with E-state index in [9.17, 15) is 4.79 Å². The Labute approximate surface area is 139 Å². The molecule has 0 radical (unpaired) electrons. The molecule has 1 aromatic carbocycles. The maximum absolute atomic E-state index is 13.1. The van der Waals surface area contributed by atoms with E-state index in [2.05, 4.69) is 9.97 Å². The molecule has 1 saturated heterocycles. The zero-order valence-electron chi connectivity index (χ0n) is 13.4. The van der Waals surface area contributed by atoms with Crippen LogP contribution in [-0.4, -0.2) is 33.6 Å². The van der Waals surface area contributed by atoms with Gasteiger partial charge in [0.05, 0.1) is 11.7 Å². The number of rotatable bonds is 1. The number of benzene rings is 1. The molecule has 2 unspecified atom stereocenters. The van der Waals surface area contributed by atoms with E-state index >= 15 is 0 Å². The Morgan fingerprint density at radius 2 is 2.12 bits per heavy atom. The molecule has 2 aromatic rings. The molecule has 0 saturated carbocycles. The summed E-state index contributed by atoms with van der Waals surface area (Å²) >= 11 is 0. The SMILES string of the molecule is Cc1ncc2c(n1)CC1CCC2N1C(=O)c1ccc2c(c1)OCO2. The molecule has 6 nitrogen and oxygen atoms in total. The van der Waals surface area contributed by atoms with Gasteiger partial charge in [0, 0.05) is 29.8 Å². The summed E-state index contributed by atoms with van der Waals surface area (Å²) in [6, 6.07) is 5.70. The van der Waals surface area contributed by atoms with Gasteiger partial charge in [-0.05, 0) is 38.0 Å². The van der Waals surface area contributed by atoms with Crippen molar-refractivity contribution in [2.24, 2.45) is 0 Å². The number of hydrogen-bond donors (Lipinski definition) is 0. The van der Waals surface area contributed by atoms with Gasteiger partial charge >= 0.3 is 0 Å². The highest BCUT2D eigenvalue weighted by atomic mass is 16.7. The number of hydrogen-bond acceptors (Lipinski definition) is 5. The first-order chi connectivity index (χ1) is 11.7. The van der Waals surface area contributed by atoms with Crippen LogP contribution in [0.1, 0.15) is 46.3 Å². The van der Waals surface area contributed by atoms with E-state index in [-0.39, 0.29) is 24.8 Å². The maximum Gasteiger partial charge on any atom is 0.254 e. The van der Waals surface area contributed by atoms with Crippen molar-refractivity contribution in [2.75, 3.05) is 6.79 Å². The van der Waals surface area contributed by atoms with Crippen LogP contribution >= 0.6 is 0 Å². The van der Waals surface area contributed by atoms with Crippen LogP contribution in [0.3, 0.4) is 0 Å². The van der Waals surface area contributed by atoms with Crippen LogP contribution in [0.15, 0.2) is 24.4 Å². The third-order valence-electron chi connectivity index (χ3n) is 5.16. The second kappa shape index (κ2) is 4.93. The molecule has 4 heterocycles. The number of ether oxygens (including phenoxy) is 2. The molecular weight excluding hydrogens is 306 g/mol. The first kappa shape index (κ1) is 13.8. The van der Waals surface area contributed by atoms with Gasteiger partial charge in [0.1, 0.15) is 5.82 Å². The minimum Gasteiger partial charge on any atom is -0.454 e. The van der Waals surface area contributed by atoms with E-state index in [4.69, 9.17) is 9.47 Å². The van der Waals surface area contributed by atoms with Gasteiger partial charge in [-0.15, -0.1) is 0 Å². The Morgan fingerprint density at radius 1 is 1.25 bits per heavy atom. The predicted molar refractivity (Wildman–Crippen MR) is 85.0 cm³/mol. The van der Waals surface area contributed by atoms with Crippen molar-refractivity contribution in [3.05, 3.63) is 47.0 Å². The lowest BCUT2D eigenvalue weighted by Gasteiger charge is -2.35. The Morgan fingerprint density at radius 3 is 3.04 bits per heavy atom. The van der Waals surface area contributed by atoms with Gasteiger partial charge in [-0.25, -0.2) is 9.97 Å². The van der Waals surface area contributed by atoms with Gasteiger partial charge in [-0.2, -0.15) is 0 Å². The number of aromatic nitrogens is 2. The van der Waals surface area contributed by atoms with Gasteiger partial charge < -0.3 is 14.4 Å². The van der Waals surface area contributed by atoms with Crippen LogP contribution in [0.2, 0.25) is 0 Å². The Balaban J connectivity index is 1.51. The lowest BCUT2D eigenvalue weighted by molar-refractivity contribution is 0.0643. The van der Waals surface area contributed by atoms with E-state index in [0.717, 1.165) is 36.3 Å². The summed E-state index contributed by atoms with van der Waals surface area (Å²) in [7, 11) is 0. The fraction of sp³-hybridized carbons (Fsp3) is 0.389. The quantitative estimate of drug-likeness (QED) is 0.806. The van der Waals surface area contributed by atoms with Crippen molar-refractivity contribution < 1.29 is 14.3 Å². The molecule has 2 bridgehead atoms. The maximum atomic E-state index is 13.1. The number of amides is 1. The summed E-state index contributed by atoms with van der Waals surface area (Å²) in [5, 5.41) is 0. The average molecular weight is 323 g/mol. The summed E-state index contributed by atoms with van der Waals surface area (Å²) < 4.78 is 10.7. The summed E-state index contributed by atoms with van der Waals surface area (Å²) in [6.45, 7) is 2.12. The van der Waals surface area contributed by atoms with E-state index in [1.165, 1.54) is 0 Å². The highest BCUT2D eigenvalue weighted by Crippen LogP contribution is 2.44. The molecule has 0 spiro atoms. The molecule has 1 fully saturated rings. The predicted octanol–water partition coefficient (Wildman–Crippen LogP) is 2.42. The Kier molecular flexibility index (Phi) is 2.83. The number of carbonyl (C=O) groups excluding carboxylic acids is 1. The first-order valence-electron chi connectivity index (χ1n) is 8.25. The molecule has 5 rings (SSSR count). The number of nitrogens with zero attached hydrogens (tertiary/aromatic N) is 3. The second-order valence-corrected chi connectivity index (χ2v) is 6.55.